The van der Waals surface area contributed by atoms with Crippen molar-refractivity contribution < 1.29 is 28.2 Å². The van der Waals surface area contributed by atoms with Gasteiger partial charge in [-0.1, -0.05) is 6.07 Å². The highest BCUT2D eigenvalue weighted by Crippen LogP contribution is 2.47. The third kappa shape index (κ3) is 2.64. The van der Waals surface area contributed by atoms with Crippen molar-refractivity contribution in [3.05, 3.63) is 41.7 Å². The third-order valence-corrected chi connectivity index (χ3v) is 5.94. The molecule has 0 spiro atoms. The van der Waals surface area contributed by atoms with Crippen LogP contribution >= 0.6 is 0 Å². The fourth-order valence-electron chi connectivity index (χ4n) is 4.67. The number of ether oxygens (including phenoxy) is 2. The molecule has 0 radical (unpaired) electrons. The van der Waals surface area contributed by atoms with E-state index in [1.165, 1.54) is 6.07 Å². The Balaban J connectivity index is 1.39. The van der Waals surface area contributed by atoms with Gasteiger partial charge in [0.05, 0.1) is 5.60 Å². The van der Waals surface area contributed by atoms with Crippen molar-refractivity contribution in [2.24, 2.45) is 0 Å². The second kappa shape index (κ2) is 6.16. The Morgan fingerprint density at radius 2 is 1.89 bits per heavy atom. The van der Waals surface area contributed by atoms with Gasteiger partial charge in [0.25, 0.3) is 5.91 Å². The number of fused-ring (bicyclic) bond motifs is 3. The Hall–Kier alpha value is -2.68. The molecule has 9 heteroatoms. The second-order valence-electron chi connectivity index (χ2n) is 7.56. The van der Waals surface area contributed by atoms with Crippen LogP contribution in [0.2, 0.25) is 0 Å². The maximum Gasteiger partial charge on any atom is 0.333 e. The van der Waals surface area contributed by atoms with Crippen LogP contribution in [0.15, 0.2) is 30.5 Å². The molecule has 148 valence electrons. The van der Waals surface area contributed by atoms with Gasteiger partial charge in [0.2, 0.25) is 6.79 Å². The van der Waals surface area contributed by atoms with Crippen LogP contribution in [0.25, 0.3) is 0 Å². The number of rotatable bonds is 3. The van der Waals surface area contributed by atoms with Crippen LogP contribution in [-0.2, 0) is 5.60 Å². The number of aliphatic hydroxyl groups is 1. The fraction of sp³-hybridized carbons (Fsp3) is 0.474. The molecular formula is C19H19F2N3O4. The van der Waals surface area contributed by atoms with Crippen molar-refractivity contribution in [2.45, 2.75) is 49.9 Å². The molecule has 1 N–H and O–H groups in total. The van der Waals surface area contributed by atoms with Crippen LogP contribution in [0.1, 0.15) is 48.3 Å². The minimum absolute atomic E-state index is 0.00530. The number of amides is 1. The summed E-state index contributed by atoms with van der Waals surface area (Å²) in [5.74, 6) is 0.895. The van der Waals surface area contributed by atoms with Crippen molar-refractivity contribution in [1.29, 1.82) is 0 Å². The molecule has 2 unspecified atom stereocenters. The van der Waals surface area contributed by atoms with Crippen LogP contribution in [-0.4, -0.2) is 44.6 Å². The van der Waals surface area contributed by atoms with E-state index in [1.54, 1.807) is 17.0 Å². The summed E-state index contributed by atoms with van der Waals surface area (Å²) in [5, 5.41) is 15.0. The predicted molar refractivity (Wildman–Crippen MR) is 92.2 cm³/mol. The van der Waals surface area contributed by atoms with Gasteiger partial charge >= 0.3 is 6.55 Å². The normalized spacial score (nSPS) is 28.2. The van der Waals surface area contributed by atoms with Gasteiger partial charge in [0, 0.05) is 31.1 Å². The Kier molecular flexibility index (Phi) is 3.84. The summed E-state index contributed by atoms with van der Waals surface area (Å²) in [5.41, 5.74) is -0.334. The topological polar surface area (TPSA) is 76.8 Å². The minimum atomic E-state index is -2.78. The lowest BCUT2D eigenvalue weighted by Gasteiger charge is -2.44. The Morgan fingerprint density at radius 3 is 2.57 bits per heavy atom. The van der Waals surface area contributed by atoms with Crippen molar-refractivity contribution in [2.75, 3.05) is 6.79 Å². The number of alkyl halides is 2. The summed E-state index contributed by atoms with van der Waals surface area (Å²) < 4.78 is 36.7. The van der Waals surface area contributed by atoms with E-state index < -0.39 is 12.2 Å². The van der Waals surface area contributed by atoms with Gasteiger partial charge in [-0.3, -0.25) is 4.79 Å². The quantitative estimate of drug-likeness (QED) is 0.871. The lowest BCUT2D eigenvalue weighted by molar-refractivity contribution is -0.0481. The number of halogens is 2. The Morgan fingerprint density at radius 1 is 1.18 bits per heavy atom. The summed E-state index contributed by atoms with van der Waals surface area (Å²) >= 11 is 0. The lowest BCUT2D eigenvalue weighted by Crippen LogP contribution is -2.52. The van der Waals surface area contributed by atoms with Gasteiger partial charge in [-0.25, -0.2) is 4.68 Å². The molecule has 0 saturated carbocycles. The number of carbonyl (C=O) groups is 1. The number of benzene rings is 1. The first-order chi connectivity index (χ1) is 13.4. The number of nitrogens with zero attached hydrogens (tertiary/aromatic N) is 3. The van der Waals surface area contributed by atoms with Crippen LogP contribution < -0.4 is 9.47 Å². The monoisotopic (exact) mass is 391 g/mol. The molecular weight excluding hydrogens is 372 g/mol. The highest BCUT2D eigenvalue weighted by molar-refractivity contribution is 5.93. The van der Waals surface area contributed by atoms with E-state index in [0.717, 1.165) is 24.6 Å². The molecule has 1 amide bonds. The number of aromatic nitrogens is 2. The van der Waals surface area contributed by atoms with E-state index in [4.69, 9.17) is 9.47 Å². The van der Waals surface area contributed by atoms with Crippen LogP contribution in [0, 0.1) is 0 Å². The second-order valence-corrected chi connectivity index (χ2v) is 7.56. The van der Waals surface area contributed by atoms with Crippen molar-refractivity contribution in [1.82, 2.24) is 14.7 Å². The van der Waals surface area contributed by atoms with Crippen LogP contribution in [0.3, 0.4) is 0 Å². The predicted octanol–water partition coefficient (Wildman–Crippen LogP) is 2.66. The van der Waals surface area contributed by atoms with E-state index in [1.807, 2.05) is 6.07 Å². The zero-order chi connectivity index (χ0) is 19.5. The van der Waals surface area contributed by atoms with E-state index in [-0.39, 0.29) is 30.5 Å². The highest BCUT2D eigenvalue weighted by Gasteiger charge is 2.50. The summed E-state index contributed by atoms with van der Waals surface area (Å²) in [6.07, 6.45) is 3.39. The first kappa shape index (κ1) is 17.4. The van der Waals surface area contributed by atoms with Gasteiger partial charge in [-0.05, 0) is 36.6 Å². The molecule has 2 saturated heterocycles. The third-order valence-electron chi connectivity index (χ3n) is 5.94. The van der Waals surface area contributed by atoms with E-state index in [2.05, 4.69) is 5.10 Å². The Labute approximate surface area is 159 Å². The standard InChI is InChI=1S/C19H19F2N3O4/c20-18(21)23-6-5-14(22-23)17(25)24-12-2-3-13(24)9-19(26,8-12)11-1-4-15-16(7-11)28-10-27-15/h1,4-7,12-13,18,26H,2-3,8-10H2. The Bertz CT molecular complexity index is 918. The molecule has 2 bridgehead atoms. The van der Waals surface area contributed by atoms with Gasteiger partial charge in [0.1, 0.15) is 0 Å². The van der Waals surface area contributed by atoms with Crippen LogP contribution in [0.4, 0.5) is 8.78 Å². The molecule has 28 heavy (non-hydrogen) atoms. The molecule has 3 aliphatic heterocycles. The molecule has 0 aliphatic carbocycles. The van der Waals surface area contributed by atoms with E-state index in [9.17, 15) is 18.7 Å². The molecule has 1 aromatic carbocycles. The molecule has 1 aromatic heterocycles. The number of carbonyl (C=O) groups excluding carboxylic acids is 1. The lowest BCUT2D eigenvalue weighted by atomic mass is 9.80. The van der Waals surface area contributed by atoms with E-state index in [0.29, 0.717) is 29.0 Å². The highest BCUT2D eigenvalue weighted by atomic mass is 19.3. The molecule has 5 rings (SSSR count). The van der Waals surface area contributed by atoms with Crippen LogP contribution in [0.5, 0.6) is 11.5 Å². The minimum Gasteiger partial charge on any atom is -0.454 e. The molecule has 2 fully saturated rings. The summed E-state index contributed by atoms with van der Waals surface area (Å²) in [6, 6.07) is 6.38. The van der Waals surface area contributed by atoms with Gasteiger partial charge < -0.3 is 19.5 Å². The van der Waals surface area contributed by atoms with Gasteiger partial charge in [-0.15, -0.1) is 0 Å². The maximum absolute atomic E-state index is 12.9. The first-order valence-electron chi connectivity index (χ1n) is 9.23. The zero-order valence-corrected chi connectivity index (χ0v) is 14.9. The summed E-state index contributed by atoms with van der Waals surface area (Å²) in [6.45, 7) is -2.62. The largest absolute Gasteiger partial charge is 0.454 e. The molecule has 2 aromatic rings. The molecule has 3 aliphatic rings. The average molecular weight is 391 g/mol. The van der Waals surface area contributed by atoms with Crippen molar-refractivity contribution >= 4 is 5.91 Å². The number of hydrogen-bond acceptors (Lipinski definition) is 5. The summed E-state index contributed by atoms with van der Waals surface area (Å²) in [4.78, 5) is 14.6. The molecule has 2 atom stereocenters. The summed E-state index contributed by atoms with van der Waals surface area (Å²) in [7, 11) is 0. The number of hydrogen-bond donors (Lipinski definition) is 1. The number of piperidine rings is 1. The maximum atomic E-state index is 12.9. The fourth-order valence-corrected chi connectivity index (χ4v) is 4.67. The molecule has 7 nitrogen and oxygen atoms in total. The smallest absolute Gasteiger partial charge is 0.333 e. The first-order valence-corrected chi connectivity index (χ1v) is 9.23. The van der Waals surface area contributed by atoms with Gasteiger partial charge in [0.15, 0.2) is 17.2 Å². The molecule has 4 heterocycles. The zero-order valence-electron chi connectivity index (χ0n) is 14.9. The SMILES string of the molecule is O=C(c1ccn(C(F)F)n1)N1C2CCC1CC(O)(c1ccc3c(c1)OCO3)C2. The van der Waals surface area contributed by atoms with Crippen molar-refractivity contribution in [3.8, 4) is 11.5 Å². The average Bonchev–Trinajstić information content (AvgIpc) is 3.39. The van der Waals surface area contributed by atoms with E-state index >= 15 is 0 Å². The van der Waals surface area contributed by atoms with Crippen molar-refractivity contribution in [3.63, 3.8) is 0 Å². The van der Waals surface area contributed by atoms with Gasteiger partial charge in [-0.2, -0.15) is 13.9 Å².